The molecule has 0 amide bonds. The van der Waals surface area contributed by atoms with Crippen LogP contribution in [0.15, 0.2) is 158 Å². The quantitative estimate of drug-likeness (QED) is 0.199. The van der Waals surface area contributed by atoms with E-state index < -0.39 is 0 Å². The number of benzene rings is 7. The first-order chi connectivity index (χ1) is 23.7. The number of nitrogens with zero attached hydrogens (tertiary/aromatic N) is 4. The van der Waals surface area contributed by atoms with E-state index in [-0.39, 0.29) is 0 Å². The Hall–Kier alpha value is -6.88. The fourth-order valence-corrected chi connectivity index (χ4v) is 7.33. The van der Waals surface area contributed by atoms with Gasteiger partial charge in [0.2, 0.25) is 0 Å². The second-order valence-corrected chi connectivity index (χ2v) is 12.0. The molecule has 0 radical (unpaired) electrons. The second-order valence-electron chi connectivity index (χ2n) is 12.0. The van der Waals surface area contributed by atoms with Gasteiger partial charge in [0.05, 0.1) is 50.6 Å². The molecule has 0 bridgehead atoms. The zero-order valence-electron chi connectivity index (χ0n) is 25.8. The normalized spacial score (nSPS) is 11.3. The summed E-state index contributed by atoms with van der Waals surface area (Å²) < 4.78 is 4.49. The minimum absolute atomic E-state index is 0.613. The van der Waals surface area contributed by atoms with Gasteiger partial charge < -0.3 is 9.13 Å². The van der Waals surface area contributed by atoms with E-state index in [0.717, 1.165) is 77.2 Å². The molecule has 0 aliphatic heterocycles. The standard InChI is InChI=1S/C44H26N4/c45-27-29-21-24-38-37-16-6-10-20-42(37)48(44(38)25-29)39-17-7-3-13-34(39)33-12-2-1-11-32(33)30-22-23-31(28-46)43(26-30)47-40-18-8-4-14-35(40)36-15-5-9-19-41(36)47/h1-26H. The van der Waals surface area contributed by atoms with Crippen LogP contribution in [0.3, 0.4) is 0 Å². The van der Waals surface area contributed by atoms with Crippen molar-refractivity contribution >= 4 is 43.6 Å². The monoisotopic (exact) mass is 610 g/mol. The van der Waals surface area contributed by atoms with Crippen molar-refractivity contribution in [3.63, 3.8) is 0 Å². The molecular formula is C44H26N4. The van der Waals surface area contributed by atoms with Crippen LogP contribution in [0.2, 0.25) is 0 Å². The molecule has 0 N–H and O–H groups in total. The Balaban J connectivity index is 1.29. The third-order valence-corrected chi connectivity index (χ3v) is 9.42. The van der Waals surface area contributed by atoms with Crippen molar-refractivity contribution in [1.82, 2.24) is 9.13 Å². The molecule has 0 saturated heterocycles. The van der Waals surface area contributed by atoms with E-state index in [4.69, 9.17) is 0 Å². The van der Waals surface area contributed by atoms with Gasteiger partial charge in [0.25, 0.3) is 0 Å². The molecular weight excluding hydrogens is 585 g/mol. The Kier molecular flexibility index (Phi) is 6.22. The van der Waals surface area contributed by atoms with Gasteiger partial charge in [-0.25, -0.2) is 0 Å². The molecule has 0 aliphatic rings. The molecule has 0 fully saturated rings. The van der Waals surface area contributed by atoms with Crippen LogP contribution in [-0.2, 0) is 0 Å². The molecule has 4 heteroatoms. The Bertz CT molecular complexity index is 2760. The first-order valence-electron chi connectivity index (χ1n) is 15.9. The molecule has 0 aliphatic carbocycles. The Morgan fingerprint density at radius 3 is 1.52 bits per heavy atom. The van der Waals surface area contributed by atoms with Crippen molar-refractivity contribution in [2.45, 2.75) is 0 Å². The van der Waals surface area contributed by atoms with Crippen LogP contribution in [0, 0.1) is 22.7 Å². The van der Waals surface area contributed by atoms with E-state index in [1.54, 1.807) is 0 Å². The van der Waals surface area contributed by atoms with Crippen molar-refractivity contribution in [2.75, 3.05) is 0 Å². The van der Waals surface area contributed by atoms with E-state index in [1.165, 1.54) is 0 Å². The Labute approximate surface area is 277 Å². The topological polar surface area (TPSA) is 57.4 Å². The van der Waals surface area contributed by atoms with Crippen LogP contribution in [0.5, 0.6) is 0 Å². The van der Waals surface area contributed by atoms with Crippen LogP contribution < -0.4 is 0 Å². The first kappa shape index (κ1) is 27.4. The van der Waals surface area contributed by atoms with Gasteiger partial charge in [-0.05, 0) is 65.2 Å². The molecule has 0 unspecified atom stereocenters. The highest BCUT2D eigenvalue weighted by Gasteiger charge is 2.19. The predicted molar refractivity (Wildman–Crippen MR) is 195 cm³/mol. The Morgan fingerprint density at radius 2 is 0.896 bits per heavy atom. The van der Waals surface area contributed by atoms with Crippen LogP contribution in [-0.4, -0.2) is 9.13 Å². The maximum absolute atomic E-state index is 10.3. The second kappa shape index (κ2) is 10.9. The van der Waals surface area contributed by atoms with Gasteiger partial charge in [0, 0.05) is 27.1 Å². The third-order valence-electron chi connectivity index (χ3n) is 9.42. The lowest BCUT2D eigenvalue weighted by Gasteiger charge is -2.18. The van der Waals surface area contributed by atoms with Crippen molar-refractivity contribution < 1.29 is 0 Å². The fraction of sp³-hybridized carbons (Fsp3) is 0. The summed E-state index contributed by atoms with van der Waals surface area (Å²) in [5.74, 6) is 0. The largest absolute Gasteiger partial charge is 0.309 e. The molecule has 2 aromatic heterocycles. The number of rotatable bonds is 4. The lowest BCUT2D eigenvalue weighted by molar-refractivity contribution is 1.17. The molecule has 7 aromatic carbocycles. The maximum atomic E-state index is 10.3. The van der Waals surface area contributed by atoms with Crippen molar-refractivity contribution in [3.05, 3.63) is 169 Å². The predicted octanol–water partition coefficient (Wildman–Crippen LogP) is 11.0. The molecule has 4 nitrogen and oxygen atoms in total. The third kappa shape index (κ3) is 4.07. The summed E-state index contributed by atoms with van der Waals surface area (Å²) >= 11 is 0. The minimum atomic E-state index is 0.613. The lowest BCUT2D eigenvalue weighted by atomic mass is 9.92. The van der Waals surface area contributed by atoms with Gasteiger partial charge >= 0.3 is 0 Å². The van der Waals surface area contributed by atoms with Gasteiger partial charge in [-0.15, -0.1) is 0 Å². The average molecular weight is 611 g/mol. The van der Waals surface area contributed by atoms with Crippen molar-refractivity contribution in [3.8, 4) is 45.8 Å². The smallest absolute Gasteiger partial charge is 0.101 e. The zero-order valence-corrected chi connectivity index (χ0v) is 25.8. The molecule has 0 spiro atoms. The summed E-state index contributed by atoms with van der Waals surface area (Å²) in [7, 11) is 0. The molecule has 2 heterocycles. The van der Waals surface area contributed by atoms with Crippen LogP contribution in [0.1, 0.15) is 11.1 Å². The van der Waals surface area contributed by atoms with Gasteiger partial charge in [-0.3, -0.25) is 0 Å². The van der Waals surface area contributed by atoms with E-state index in [1.807, 2.05) is 30.3 Å². The lowest BCUT2D eigenvalue weighted by Crippen LogP contribution is -2.00. The number of hydrogen-bond acceptors (Lipinski definition) is 2. The number of nitriles is 2. The summed E-state index contributed by atoms with van der Waals surface area (Å²) in [4.78, 5) is 0. The van der Waals surface area contributed by atoms with Crippen molar-refractivity contribution in [1.29, 1.82) is 10.5 Å². The molecule has 9 rings (SSSR count). The highest BCUT2D eigenvalue weighted by Crippen LogP contribution is 2.41. The Morgan fingerprint density at radius 1 is 0.375 bits per heavy atom. The van der Waals surface area contributed by atoms with E-state index in [2.05, 4.69) is 149 Å². The summed E-state index contributed by atoms with van der Waals surface area (Å²) in [6, 6.07) is 58.9. The van der Waals surface area contributed by atoms with E-state index >= 15 is 0 Å². The molecule has 0 atom stereocenters. The van der Waals surface area contributed by atoms with Crippen LogP contribution in [0.4, 0.5) is 0 Å². The zero-order chi connectivity index (χ0) is 32.2. The van der Waals surface area contributed by atoms with Gasteiger partial charge in [0.1, 0.15) is 6.07 Å². The van der Waals surface area contributed by atoms with Crippen LogP contribution in [0.25, 0.3) is 77.2 Å². The van der Waals surface area contributed by atoms with E-state index in [0.29, 0.717) is 11.1 Å². The summed E-state index contributed by atoms with van der Waals surface area (Å²) in [6.07, 6.45) is 0. The summed E-state index contributed by atoms with van der Waals surface area (Å²) in [5.41, 5.74) is 11.6. The molecule has 9 aromatic rings. The van der Waals surface area contributed by atoms with Gasteiger partial charge in [-0.2, -0.15) is 10.5 Å². The molecule has 222 valence electrons. The number of aromatic nitrogens is 2. The maximum Gasteiger partial charge on any atom is 0.101 e. The first-order valence-corrected chi connectivity index (χ1v) is 15.9. The average Bonchev–Trinajstić information content (AvgIpc) is 3.67. The minimum Gasteiger partial charge on any atom is -0.309 e. The summed E-state index contributed by atoms with van der Waals surface area (Å²) in [5, 5.41) is 24.7. The molecule has 0 saturated carbocycles. The molecule has 48 heavy (non-hydrogen) atoms. The number of fused-ring (bicyclic) bond motifs is 6. The van der Waals surface area contributed by atoms with Gasteiger partial charge in [-0.1, -0.05) is 109 Å². The SMILES string of the molecule is N#Cc1ccc2c3ccccc3n(-c3ccccc3-c3ccccc3-c3ccc(C#N)c(-n4c5ccccc5c5ccccc54)c3)c2c1. The summed E-state index contributed by atoms with van der Waals surface area (Å²) in [6.45, 7) is 0. The van der Waals surface area contributed by atoms with Crippen LogP contribution >= 0.6 is 0 Å². The van der Waals surface area contributed by atoms with Gasteiger partial charge in [0.15, 0.2) is 0 Å². The number of hydrogen-bond donors (Lipinski definition) is 0. The number of para-hydroxylation sites is 4. The van der Waals surface area contributed by atoms with Crippen molar-refractivity contribution in [2.24, 2.45) is 0 Å². The highest BCUT2D eigenvalue weighted by molar-refractivity contribution is 6.11. The fourth-order valence-electron chi connectivity index (χ4n) is 7.33. The van der Waals surface area contributed by atoms with E-state index in [9.17, 15) is 10.5 Å². The highest BCUT2D eigenvalue weighted by atomic mass is 15.0.